The first-order valence-electron chi connectivity index (χ1n) is 12.1. The number of nitrogens with zero attached hydrogens (tertiary/aromatic N) is 3. The molecule has 5 N–H and O–H groups in total. The standard InChI is InChI=1S/C28H21N5O5S2/c34-22-18-9-8-16(11-15-5-2-1-3-6-15)12-20(18)31-26(36)21(22)24-32-40-23-19(28(37)39-27(23)33(24)38)14-30-25(35)17-7-4-10-29-13-17/h1-10,12-13,37-38H,11,14H2,(H,30,35)(H2,31,34,36). The highest BCUT2D eigenvalue weighted by Crippen LogP contribution is 2.49. The van der Waals surface area contributed by atoms with Crippen molar-refractivity contribution in [3.63, 3.8) is 0 Å². The SMILES string of the molecule is O=C(NCc1c(O)sc2c1SN=C(c1c(O)c3ccc(Cc4ccccc4)cc3[nH]c1=O)N2O)c1cccnc1. The van der Waals surface area contributed by atoms with E-state index < -0.39 is 5.56 Å². The number of H-pyrrole nitrogens is 1. The molecule has 10 nitrogen and oxygen atoms in total. The number of amides is 1. The predicted octanol–water partition coefficient (Wildman–Crippen LogP) is 4.58. The lowest BCUT2D eigenvalue weighted by Gasteiger charge is -2.22. The normalized spacial score (nSPS) is 12.7. The molecular formula is C28H21N5O5S2. The lowest BCUT2D eigenvalue weighted by molar-refractivity contribution is 0.0950. The molecule has 40 heavy (non-hydrogen) atoms. The number of amidine groups is 1. The Morgan fingerprint density at radius 3 is 2.65 bits per heavy atom. The molecule has 0 saturated heterocycles. The summed E-state index contributed by atoms with van der Waals surface area (Å²) in [5, 5.41) is 36.6. The molecule has 2 aromatic carbocycles. The van der Waals surface area contributed by atoms with Crippen LogP contribution in [0, 0.1) is 0 Å². The van der Waals surface area contributed by atoms with Crippen LogP contribution in [0.3, 0.4) is 0 Å². The molecule has 0 atom stereocenters. The van der Waals surface area contributed by atoms with Gasteiger partial charge in [-0.15, -0.1) is 0 Å². The van der Waals surface area contributed by atoms with E-state index in [-0.39, 0.29) is 39.7 Å². The summed E-state index contributed by atoms with van der Waals surface area (Å²) in [6, 6.07) is 18.5. The number of fused-ring (bicyclic) bond motifs is 2. The molecule has 1 aliphatic rings. The summed E-state index contributed by atoms with van der Waals surface area (Å²) in [5.41, 5.74) is 2.41. The number of hydrogen-bond donors (Lipinski definition) is 5. The van der Waals surface area contributed by atoms with E-state index in [9.17, 15) is 25.0 Å². The number of carbonyl (C=O) groups is 1. The van der Waals surface area contributed by atoms with Gasteiger partial charge in [0, 0.05) is 41.8 Å². The number of aromatic amines is 1. The van der Waals surface area contributed by atoms with Crippen LogP contribution in [-0.2, 0) is 13.0 Å². The first-order valence-corrected chi connectivity index (χ1v) is 13.7. The van der Waals surface area contributed by atoms with E-state index in [0.29, 0.717) is 38.4 Å². The molecule has 0 radical (unpaired) electrons. The fourth-order valence-electron chi connectivity index (χ4n) is 4.44. The number of aromatic hydroxyl groups is 2. The van der Waals surface area contributed by atoms with Crippen LogP contribution in [0.1, 0.15) is 32.6 Å². The fraction of sp³-hybridized carbons (Fsp3) is 0.0714. The van der Waals surface area contributed by atoms with Gasteiger partial charge in [-0.3, -0.25) is 19.8 Å². The summed E-state index contributed by atoms with van der Waals surface area (Å²) in [6.45, 7) is -0.0236. The summed E-state index contributed by atoms with van der Waals surface area (Å²) in [4.78, 5) is 32.7. The number of nitrogens with one attached hydrogen (secondary N) is 2. The maximum atomic E-state index is 13.1. The van der Waals surface area contributed by atoms with Crippen molar-refractivity contribution in [1.29, 1.82) is 0 Å². The molecular weight excluding hydrogens is 550 g/mol. The molecule has 1 aliphatic heterocycles. The molecule has 0 saturated carbocycles. The molecule has 3 aromatic heterocycles. The van der Waals surface area contributed by atoms with Gasteiger partial charge in [-0.05, 0) is 41.8 Å². The van der Waals surface area contributed by atoms with Crippen molar-refractivity contribution in [3.8, 4) is 10.8 Å². The Kier molecular flexibility index (Phi) is 6.72. The summed E-state index contributed by atoms with van der Waals surface area (Å²) in [7, 11) is 0. The van der Waals surface area contributed by atoms with E-state index in [1.54, 1.807) is 24.4 Å². The van der Waals surface area contributed by atoms with Crippen molar-refractivity contribution in [3.05, 3.63) is 111 Å². The average Bonchev–Trinajstić information content (AvgIpc) is 3.29. The summed E-state index contributed by atoms with van der Waals surface area (Å²) < 4.78 is 4.29. The number of hydrogen-bond acceptors (Lipinski definition) is 10. The number of thiophene rings is 1. The Balaban J connectivity index is 1.28. The monoisotopic (exact) mass is 571 g/mol. The molecule has 0 unspecified atom stereocenters. The van der Waals surface area contributed by atoms with Crippen molar-refractivity contribution in [2.45, 2.75) is 17.9 Å². The molecule has 0 aliphatic carbocycles. The Hall–Kier alpha value is -4.65. The lowest BCUT2D eigenvalue weighted by Crippen LogP contribution is -2.34. The van der Waals surface area contributed by atoms with E-state index in [1.165, 1.54) is 6.20 Å². The maximum Gasteiger partial charge on any atom is 0.263 e. The summed E-state index contributed by atoms with van der Waals surface area (Å²) >= 11 is 1.79. The van der Waals surface area contributed by atoms with E-state index in [0.717, 1.165) is 34.4 Å². The van der Waals surface area contributed by atoms with Crippen LogP contribution in [0.5, 0.6) is 10.8 Å². The second-order valence-corrected chi connectivity index (χ2v) is 10.7. The van der Waals surface area contributed by atoms with Crippen LogP contribution < -0.4 is 15.9 Å². The third-order valence-corrected chi connectivity index (χ3v) is 8.44. The zero-order valence-corrected chi connectivity index (χ0v) is 22.3. The topological polar surface area (TPSA) is 151 Å². The van der Waals surface area contributed by atoms with Crippen molar-refractivity contribution < 1.29 is 20.2 Å². The Morgan fingerprint density at radius 2 is 1.88 bits per heavy atom. The Bertz CT molecular complexity index is 1840. The van der Waals surface area contributed by atoms with Crippen LogP contribution in [0.4, 0.5) is 5.00 Å². The van der Waals surface area contributed by atoms with Gasteiger partial charge in [0.05, 0.1) is 16.0 Å². The highest BCUT2D eigenvalue weighted by molar-refractivity contribution is 7.98. The number of carbonyl (C=O) groups excluding carboxylic acids is 1. The number of benzene rings is 2. The minimum atomic E-state index is -0.631. The molecule has 1 amide bonds. The third kappa shape index (κ3) is 4.68. The van der Waals surface area contributed by atoms with Gasteiger partial charge in [-0.2, -0.15) is 9.46 Å². The highest BCUT2D eigenvalue weighted by Gasteiger charge is 2.32. The zero-order chi connectivity index (χ0) is 27.8. The van der Waals surface area contributed by atoms with Crippen LogP contribution in [0.15, 0.2) is 87.1 Å². The Labute approximate surface area is 235 Å². The van der Waals surface area contributed by atoms with Crippen molar-refractivity contribution in [2.75, 3.05) is 5.06 Å². The molecule has 200 valence electrons. The van der Waals surface area contributed by atoms with Gasteiger partial charge in [-0.1, -0.05) is 47.7 Å². The first kappa shape index (κ1) is 25.6. The number of rotatable bonds is 6. The zero-order valence-electron chi connectivity index (χ0n) is 20.7. The van der Waals surface area contributed by atoms with Gasteiger partial charge in [-0.25, -0.2) is 0 Å². The maximum absolute atomic E-state index is 13.1. The molecule has 6 rings (SSSR count). The van der Waals surface area contributed by atoms with Gasteiger partial charge in [0.2, 0.25) is 0 Å². The molecule has 5 aromatic rings. The van der Waals surface area contributed by atoms with Gasteiger partial charge in [0.1, 0.15) is 16.3 Å². The highest BCUT2D eigenvalue weighted by atomic mass is 32.2. The van der Waals surface area contributed by atoms with Gasteiger partial charge in [0.25, 0.3) is 11.5 Å². The van der Waals surface area contributed by atoms with Crippen LogP contribution in [0.25, 0.3) is 10.9 Å². The van der Waals surface area contributed by atoms with E-state index in [2.05, 4.69) is 19.7 Å². The largest absolute Gasteiger partial charge is 0.506 e. The van der Waals surface area contributed by atoms with E-state index in [1.807, 2.05) is 42.5 Å². The first-order chi connectivity index (χ1) is 19.4. The quantitative estimate of drug-likeness (QED) is 0.186. The fourth-order valence-corrected chi connectivity index (χ4v) is 6.40. The second-order valence-electron chi connectivity index (χ2n) is 8.98. The van der Waals surface area contributed by atoms with Crippen LogP contribution in [0.2, 0.25) is 0 Å². The van der Waals surface area contributed by atoms with Gasteiger partial charge >= 0.3 is 0 Å². The lowest BCUT2D eigenvalue weighted by atomic mass is 10.0. The molecule has 0 bridgehead atoms. The second kappa shape index (κ2) is 10.5. The van der Waals surface area contributed by atoms with E-state index in [4.69, 9.17) is 0 Å². The van der Waals surface area contributed by atoms with Gasteiger partial charge < -0.3 is 20.5 Å². The van der Waals surface area contributed by atoms with Crippen molar-refractivity contribution in [1.82, 2.24) is 15.3 Å². The number of aromatic nitrogens is 2. The summed E-state index contributed by atoms with van der Waals surface area (Å²) in [5.74, 6) is -0.881. The smallest absolute Gasteiger partial charge is 0.263 e. The van der Waals surface area contributed by atoms with E-state index >= 15 is 0 Å². The molecule has 4 heterocycles. The minimum Gasteiger partial charge on any atom is -0.506 e. The van der Waals surface area contributed by atoms with Crippen molar-refractivity contribution >= 4 is 50.9 Å². The van der Waals surface area contributed by atoms with Gasteiger partial charge in [0.15, 0.2) is 10.9 Å². The average molecular weight is 572 g/mol. The molecule has 12 heteroatoms. The van der Waals surface area contributed by atoms with Crippen LogP contribution in [-0.4, -0.2) is 37.1 Å². The number of anilines is 1. The third-order valence-electron chi connectivity index (χ3n) is 6.41. The Morgan fingerprint density at radius 1 is 1.05 bits per heavy atom. The predicted molar refractivity (Wildman–Crippen MR) is 154 cm³/mol. The molecule has 0 fully saturated rings. The number of hydroxylamine groups is 1. The molecule has 0 spiro atoms. The van der Waals surface area contributed by atoms with Crippen LogP contribution >= 0.6 is 23.3 Å². The summed E-state index contributed by atoms with van der Waals surface area (Å²) in [6.07, 6.45) is 3.64. The minimum absolute atomic E-state index is 0.0236. The number of pyridine rings is 2. The van der Waals surface area contributed by atoms with Crippen molar-refractivity contribution in [2.24, 2.45) is 4.40 Å².